The van der Waals surface area contributed by atoms with Crippen LogP contribution in [0.5, 0.6) is 11.5 Å². The second kappa shape index (κ2) is 7.88. The van der Waals surface area contributed by atoms with Gasteiger partial charge in [0.05, 0.1) is 6.54 Å². The van der Waals surface area contributed by atoms with Crippen LogP contribution in [0.25, 0.3) is 0 Å². The molecule has 0 bridgehead atoms. The molecular weight excluding hydrogens is 368 g/mol. The van der Waals surface area contributed by atoms with Gasteiger partial charge in [0, 0.05) is 22.7 Å². The van der Waals surface area contributed by atoms with Gasteiger partial charge in [-0.1, -0.05) is 23.7 Å². The molecule has 6 nitrogen and oxygen atoms in total. The lowest BCUT2D eigenvalue weighted by molar-refractivity contribution is -0.125. The van der Waals surface area contributed by atoms with Crippen molar-refractivity contribution in [2.45, 2.75) is 25.9 Å². The molecule has 0 saturated heterocycles. The molecule has 1 heterocycles. The molecule has 2 aromatic carbocycles. The van der Waals surface area contributed by atoms with Crippen molar-refractivity contribution in [3.63, 3.8) is 0 Å². The van der Waals surface area contributed by atoms with E-state index in [4.69, 9.17) is 21.1 Å². The summed E-state index contributed by atoms with van der Waals surface area (Å²) in [7, 11) is 0. The Kier molecular flexibility index (Phi) is 5.56. The summed E-state index contributed by atoms with van der Waals surface area (Å²) in [6, 6.07) is 12.3. The maximum absolute atomic E-state index is 12.0. The first-order chi connectivity index (χ1) is 12.8. The Hall–Kier alpha value is -2.73. The minimum Gasteiger partial charge on any atom is -0.483 e. The van der Waals surface area contributed by atoms with Gasteiger partial charge in [-0.05, 0) is 44.2 Å². The molecule has 3 rings (SSSR count). The number of carbonyl (C=O) groups excluding carboxylic acids is 2. The number of ether oxygens (including phenoxy) is 2. The Morgan fingerprint density at radius 2 is 1.89 bits per heavy atom. The van der Waals surface area contributed by atoms with Crippen molar-refractivity contribution >= 4 is 29.1 Å². The fraction of sp³-hybridized carbons (Fsp3) is 0.300. The Morgan fingerprint density at radius 1 is 1.15 bits per heavy atom. The molecule has 0 unspecified atom stereocenters. The fourth-order valence-electron chi connectivity index (χ4n) is 2.81. The molecule has 2 aromatic rings. The number of nitrogens with one attached hydrogen (secondary N) is 2. The lowest BCUT2D eigenvalue weighted by Gasteiger charge is -2.18. The van der Waals surface area contributed by atoms with Gasteiger partial charge in [-0.25, -0.2) is 0 Å². The third-order valence-electron chi connectivity index (χ3n) is 3.99. The zero-order valence-corrected chi connectivity index (χ0v) is 15.9. The quantitative estimate of drug-likeness (QED) is 0.796. The lowest BCUT2D eigenvalue weighted by Crippen LogP contribution is -2.35. The van der Waals surface area contributed by atoms with Crippen molar-refractivity contribution < 1.29 is 19.1 Å². The van der Waals surface area contributed by atoms with E-state index in [2.05, 4.69) is 10.6 Å². The van der Waals surface area contributed by atoms with Crippen LogP contribution in [0.4, 0.5) is 5.69 Å². The van der Waals surface area contributed by atoms with Crippen molar-refractivity contribution in [1.29, 1.82) is 0 Å². The summed E-state index contributed by atoms with van der Waals surface area (Å²) in [6.07, 6.45) is 0.788. The van der Waals surface area contributed by atoms with Crippen molar-refractivity contribution in [2.75, 3.05) is 18.5 Å². The third kappa shape index (κ3) is 5.14. The van der Waals surface area contributed by atoms with Gasteiger partial charge >= 0.3 is 0 Å². The number of carbonyl (C=O) groups is 2. The highest BCUT2D eigenvalue weighted by molar-refractivity contribution is 6.30. The topological polar surface area (TPSA) is 76.7 Å². The minimum atomic E-state index is -0.392. The molecule has 2 N–H and O–H groups in total. The molecule has 0 fully saturated rings. The molecule has 7 heteroatoms. The molecule has 1 aliphatic heterocycles. The summed E-state index contributed by atoms with van der Waals surface area (Å²) in [4.78, 5) is 23.9. The van der Waals surface area contributed by atoms with Gasteiger partial charge in [0.25, 0.3) is 5.91 Å². The van der Waals surface area contributed by atoms with E-state index in [1.807, 2.05) is 26.0 Å². The summed E-state index contributed by atoms with van der Waals surface area (Å²) >= 11 is 5.79. The molecular formula is C20H21ClN2O4. The lowest BCUT2D eigenvalue weighted by atomic mass is 10.0. The van der Waals surface area contributed by atoms with Crippen molar-refractivity contribution in [2.24, 2.45) is 0 Å². The van der Waals surface area contributed by atoms with Gasteiger partial charge in [0.15, 0.2) is 18.1 Å². The first-order valence-corrected chi connectivity index (χ1v) is 8.96. The summed E-state index contributed by atoms with van der Waals surface area (Å²) < 4.78 is 11.5. The average molecular weight is 389 g/mol. The van der Waals surface area contributed by atoms with Crippen LogP contribution in [0.1, 0.15) is 19.4 Å². The van der Waals surface area contributed by atoms with E-state index in [-0.39, 0.29) is 24.7 Å². The van der Waals surface area contributed by atoms with E-state index in [1.54, 1.807) is 30.3 Å². The Morgan fingerprint density at radius 3 is 2.63 bits per heavy atom. The predicted octanol–water partition coefficient (Wildman–Crippen LogP) is 3.19. The first-order valence-electron chi connectivity index (χ1n) is 8.58. The van der Waals surface area contributed by atoms with Gasteiger partial charge in [-0.3, -0.25) is 9.59 Å². The number of hydrogen-bond acceptors (Lipinski definition) is 4. The van der Waals surface area contributed by atoms with E-state index >= 15 is 0 Å². The number of benzene rings is 2. The van der Waals surface area contributed by atoms with Crippen LogP contribution in [0.2, 0.25) is 5.02 Å². The van der Waals surface area contributed by atoms with Gasteiger partial charge in [-0.2, -0.15) is 0 Å². The van der Waals surface area contributed by atoms with E-state index in [1.165, 1.54) is 0 Å². The molecule has 2 amide bonds. The first kappa shape index (κ1) is 19.0. The van der Waals surface area contributed by atoms with Crippen LogP contribution in [0.3, 0.4) is 0 Å². The molecule has 1 aliphatic rings. The molecule has 0 aliphatic carbocycles. The number of hydrogen-bond donors (Lipinski definition) is 2. The van der Waals surface area contributed by atoms with Gasteiger partial charge in [-0.15, -0.1) is 0 Å². The predicted molar refractivity (Wildman–Crippen MR) is 103 cm³/mol. The highest BCUT2D eigenvalue weighted by Gasteiger charge is 2.32. The van der Waals surface area contributed by atoms with Crippen molar-refractivity contribution in [3.05, 3.63) is 53.1 Å². The van der Waals surface area contributed by atoms with Crippen molar-refractivity contribution in [3.8, 4) is 11.5 Å². The van der Waals surface area contributed by atoms with E-state index in [0.29, 0.717) is 22.2 Å². The second-order valence-corrected chi connectivity index (χ2v) is 7.34. The molecule has 0 aromatic heterocycles. The van der Waals surface area contributed by atoms with Crippen LogP contribution in [-0.4, -0.2) is 30.6 Å². The van der Waals surface area contributed by atoms with Crippen LogP contribution in [0.15, 0.2) is 42.5 Å². The van der Waals surface area contributed by atoms with Crippen LogP contribution in [0, 0.1) is 0 Å². The Balaban J connectivity index is 1.46. The van der Waals surface area contributed by atoms with Crippen LogP contribution < -0.4 is 20.1 Å². The Labute approximate surface area is 162 Å². The normalized spacial score (nSPS) is 14.0. The Bertz CT molecular complexity index is 850. The molecule has 0 spiro atoms. The number of amides is 2. The summed E-state index contributed by atoms with van der Waals surface area (Å²) in [5, 5.41) is 5.78. The maximum atomic E-state index is 12.0. The van der Waals surface area contributed by atoms with E-state index < -0.39 is 5.91 Å². The zero-order chi connectivity index (χ0) is 19.4. The number of para-hydroxylation sites is 1. The van der Waals surface area contributed by atoms with Gasteiger partial charge in [0.1, 0.15) is 5.60 Å². The third-order valence-corrected chi connectivity index (χ3v) is 4.24. The highest BCUT2D eigenvalue weighted by Crippen LogP contribution is 2.41. The number of halogens is 1. The zero-order valence-electron chi connectivity index (χ0n) is 15.2. The maximum Gasteiger partial charge on any atom is 0.258 e. The fourth-order valence-corrected chi connectivity index (χ4v) is 2.94. The highest BCUT2D eigenvalue weighted by atomic mass is 35.5. The molecule has 142 valence electrons. The molecule has 27 heavy (non-hydrogen) atoms. The molecule has 0 atom stereocenters. The number of fused-ring (bicyclic) bond motifs is 1. The monoisotopic (exact) mass is 388 g/mol. The molecule has 0 saturated carbocycles. The summed E-state index contributed by atoms with van der Waals surface area (Å²) in [5.41, 5.74) is 1.37. The average Bonchev–Trinajstić information content (AvgIpc) is 2.94. The summed E-state index contributed by atoms with van der Waals surface area (Å²) in [6.45, 7) is 3.65. The standard InChI is InChI=1S/C20H21ClN2O4/c1-20(2)10-13-4-3-5-16(19(13)27-20)26-12-18(25)22-11-17(24)23-15-8-6-14(21)7-9-15/h3-9H,10-12H2,1-2H3,(H,22,25)(H,23,24). The number of rotatable bonds is 6. The largest absolute Gasteiger partial charge is 0.483 e. The van der Waals surface area contributed by atoms with Gasteiger partial charge in [0.2, 0.25) is 5.91 Å². The van der Waals surface area contributed by atoms with Crippen LogP contribution >= 0.6 is 11.6 Å². The molecule has 0 radical (unpaired) electrons. The van der Waals surface area contributed by atoms with Crippen molar-refractivity contribution in [1.82, 2.24) is 5.32 Å². The second-order valence-electron chi connectivity index (χ2n) is 6.90. The SMILES string of the molecule is CC1(C)Cc2cccc(OCC(=O)NCC(=O)Nc3ccc(Cl)cc3)c2O1. The van der Waals surface area contributed by atoms with E-state index in [0.717, 1.165) is 12.0 Å². The smallest absolute Gasteiger partial charge is 0.258 e. The van der Waals surface area contributed by atoms with Gasteiger partial charge < -0.3 is 20.1 Å². The van der Waals surface area contributed by atoms with E-state index in [9.17, 15) is 9.59 Å². The van der Waals surface area contributed by atoms with Crippen LogP contribution in [-0.2, 0) is 16.0 Å². The number of anilines is 1. The minimum absolute atomic E-state index is 0.152. The summed E-state index contributed by atoms with van der Waals surface area (Å²) in [5.74, 6) is 0.474.